The Balaban J connectivity index is 0.00000729. The second-order valence-electron chi connectivity index (χ2n) is 7.86. The summed E-state index contributed by atoms with van der Waals surface area (Å²) in [6.07, 6.45) is 30.8. The van der Waals surface area contributed by atoms with E-state index in [0.29, 0.717) is 6.42 Å². The highest BCUT2D eigenvalue weighted by atomic mass is 35.5. The van der Waals surface area contributed by atoms with Crippen LogP contribution in [0.25, 0.3) is 0 Å². The fourth-order valence-electron chi connectivity index (χ4n) is 3.46. The molecule has 0 radical (unpaired) electrons. The number of nitrogens with one attached hydrogen (secondary N) is 1. The first-order chi connectivity index (χ1) is 13.3. The Morgan fingerprint density at radius 1 is 0.821 bits per heavy atom. The zero-order valence-corrected chi connectivity index (χ0v) is 18.9. The van der Waals surface area contributed by atoms with Gasteiger partial charge in [-0.1, -0.05) is 103 Å². The van der Waals surface area contributed by atoms with E-state index in [2.05, 4.69) is 18.3 Å². The van der Waals surface area contributed by atoms with Gasteiger partial charge in [-0.3, -0.25) is 0 Å². The molecule has 1 amide bonds. The molecule has 1 aliphatic heterocycles. The van der Waals surface area contributed by atoms with Crippen molar-refractivity contribution in [2.45, 2.75) is 110 Å². The Morgan fingerprint density at radius 2 is 1.32 bits per heavy atom. The molecule has 0 atom stereocenters. The van der Waals surface area contributed by atoms with Gasteiger partial charge in [-0.15, -0.1) is 0 Å². The van der Waals surface area contributed by atoms with Gasteiger partial charge in [0.25, 0.3) is 0 Å². The maximum absolute atomic E-state index is 11.8. The Morgan fingerprint density at radius 3 is 1.79 bits per heavy atom. The lowest BCUT2D eigenvalue weighted by molar-refractivity contribution is -0.443. The van der Waals surface area contributed by atoms with Gasteiger partial charge in [-0.25, -0.2) is 14.7 Å². The molecule has 1 heterocycles. The number of amides is 1. The summed E-state index contributed by atoms with van der Waals surface area (Å²) < 4.78 is 1.98. The number of nitrogens with zero attached hydrogens (tertiary/aromatic N) is 1. The van der Waals surface area contributed by atoms with Crippen LogP contribution in [0.1, 0.15) is 110 Å². The monoisotopic (exact) mass is 410 g/mol. The molecule has 4 heteroatoms. The molecule has 1 N–H and O–H groups in total. The number of hydrogen-bond donors (Lipinski definition) is 1. The summed E-state index contributed by atoms with van der Waals surface area (Å²) in [5.74, 6) is 0.132. The van der Waals surface area contributed by atoms with Crippen LogP contribution in [0.4, 0.5) is 0 Å². The summed E-state index contributed by atoms with van der Waals surface area (Å²) in [7, 11) is 0. The summed E-state index contributed by atoms with van der Waals surface area (Å²) in [4.78, 5) is 11.8. The maximum atomic E-state index is 11.8. The topological polar surface area (TPSA) is 32.1 Å². The van der Waals surface area contributed by atoms with Crippen LogP contribution in [-0.4, -0.2) is 23.4 Å². The molecule has 162 valence electrons. The molecule has 0 aliphatic carbocycles. The number of halogens is 1. The number of rotatable bonds is 17. The lowest BCUT2D eigenvalue weighted by Crippen LogP contribution is -3.00. The Labute approximate surface area is 180 Å². The van der Waals surface area contributed by atoms with E-state index in [9.17, 15) is 4.79 Å². The Bertz CT molecular complexity index is 458. The van der Waals surface area contributed by atoms with Gasteiger partial charge in [0.05, 0.1) is 6.20 Å². The van der Waals surface area contributed by atoms with Crippen molar-refractivity contribution in [1.29, 1.82) is 0 Å². The molecule has 1 rings (SSSR count). The van der Waals surface area contributed by atoms with E-state index < -0.39 is 0 Å². The van der Waals surface area contributed by atoms with E-state index in [1.165, 1.54) is 89.9 Å². The van der Waals surface area contributed by atoms with Crippen LogP contribution in [0, 0.1) is 0 Å². The molecule has 0 fully saturated rings. The van der Waals surface area contributed by atoms with Crippen molar-refractivity contribution < 1.29 is 21.8 Å². The molecular formula is C24H43ClN2O. The van der Waals surface area contributed by atoms with Crippen molar-refractivity contribution in [3.63, 3.8) is 0 Å². The van der Waals surface area contributed by atoms with Gasteiger partial charge in [0.15, 0.2) is 0 Å². The third kappa shape index (κ3) is 17.0. The summed E-state index contributed by atoms with van der Waals surface area (Å²) in [5, 5.41) is 2.88. The number of unbranched alkanes of at least 4 members (excludes halogenated alkanes) is 14. The minimum absolute atomic E-state index is 0. The molecule has 0 unspecified atom stereocenters. The van der Waals surface area contributed by atoms with E-state index >= 15 is 0 Å². The maximum Gasteiger partial charge on any atom is 0.306 e. The molecule has 28 heavy (non-hydrogen) atoms. The number of carbonyl (C=O) groups is 1. The fraction of sp³-hybridized carbons (Fsp3) is 0.750. The zero-order valence-electron chi connectivity index (χ0n) is 18.1. The summed E-state index contributed by atoms with van der Waals surface area (Å²) in [6, 6.07) is 0. The average molecular weight is 411 g/mol. The zero-order chi connectivity index (χ0) is 19.4. The van der Waals surface area contributed by atoms with Gasteiger partial charge in [-0.05, 0) is 18.6 Å². The van der Waals surface area contributed by atoms with Crippen LogP contribution < -0.4 is 17.7 Å². The Hall–Kier alpha value is -1.09. The van der Waals surface area contributed by atoms with Crippen LogP contribution in [0.2, 0.25) is 0 Å². The highest BCUT2D eigenvalue weighted by Gasteiger charge is 2.05. The van der Waals surface area contributed by atoms with Crippen LogP contribution in [0.3, 0.4) is 0 Å². The number of allylic oxidation sites excluding steroid dienone is 2. The second kappa shape index (κ2) is 20.6. The van der Waals surface area contributed by atoms with E-state index in [1.807, 2.05) is 22.9 Å². The summed E-state index contributed by atoms with van der Waals surface area (Å²) in [5.41, 5.74) is 0. The quantitative estimate of drug-likeness (QED) is 0.222. The van der Waals surface area contributed by atoms with Crippen LogP contribution >= 0.6 is 0 Å². The van der Waals surface area contributed by atoms with Gasteiger partial charge >= 0.3 is 5.91 Å². The van der Waals surface area contributed by atoms with Gasteiger partial charge < -0.3 is 12.4 Å². The average Bonchev–Trinajstić information content (AvgIpc) is 2.70. The minimum atomic E-state index is 0. The fourth-order valence-corrected chi connectivity index (χ4v) is 3.46. The minimum Gasteiger partial charge on any atom is -1.00 e. The Kier molecular flexibility index (Phi) is 19.8. The molecule has 1 aliphatic rings. The van der Waals surface area contributed by atoms with Crippen molar-refractivity contribution >= 4 is 12.2 Å². The number of hydrogen-bond acceptors (Lipinski definition) is 1. The smallest absolute Gasteiger partial charge is 0.306 e. The van der Waals surface area contributed by atoms with Crippen LogP contribution in [0.5, 0.6) is 0 Å². The van der Waals surface area contributed by atoms with Crippen molar-refractivity contribution in [1.82, 2.24) is 5.32 Å². The predicted octanol–water partition coefficient (Wildman–Crippen LogP) is 3.49. The first kappa shape index (κ1) is 26.9. The normalized spacial score (nSPS) is 14.2. The van der Waals surface area contributed by atoms with E-state index in [0.717, 1.165) is 13.0 Å². The van der Waals surface area contributed by atoms with Crippen LogP contribution in [-0.2, 0) is 4.79 Å². The van der Waals surface area contributed by atoms with Crippen molar-refractivity contribution in [2.75, 3.05) is 6.54 Å². The highest BCUT2D eigenvalue weighted by molar-refractivity contribution is 5.86. The van der Waals surface area contributed by atoms with Crippen molar-refractivity contribution in [2.24, 2.45) is 0 Å². The summed E-state index contributed by atoms with van der Waals surface area (Å²) >= 11 is 0. The number of carbonyl (C=O) groups excluding carboxylic acids is 1. The van der Waals surface area contributed by atoms with Crippen LogP contribution in [0.15, 0.2) is 24.4 Å². The van der Waals surface area contributed by atoms with Gasteiger partial charge in [0.2, 0.25) is 6.34 Å². The molecule has 0 aromatic carbocycles. The standard InChI is InChI=1S/C24H42N2O.ClH/c1-2-3-4-5-6-7-8-9-10-11-12-13-14-15-17-20-24(27)25-23-26-21-18-16-19-22-26;/h16,18-19,21,23H,2-15,17,20,22H2,1H3;1H. The van der Waals surface area contributed by atoms with E-state index in [1.54, 1.807) is 6.34 Å². The first-order valence-corrected chi connectivity index (χ1v) is 11.5. The largest absolute Gasteiger partial charge is 1.00 e. The lowest BCUT2D eigenvalue weighted by Gasteiger charge is -2.03. The summed E-state index contributed by atoms with van der Waals surface area (Å²) in [6.45, 7) is 3.11. The second-order valence-corrected chi connectivity index (χ2v) is 7.86. The third-order valence-corrected chi connectivity index (χ3v) is 5.24. The lowest BCUT2D eigenvalue weighted by atomic mass is 10.0. The van der Waals surface area contributed by atoms with Crippen molar-refractivity contribution in [3.05, 3.63) is 24.4 Å². The van der Waals surface area contributed by atoms with E-state index in [4.69, 9.17) is 0 Å². The van der Waals surface area contributed by atoms with Gasteiger partial charge in [-0.2, -0.15) is 0 Å². The van der Waals surface area contributed by atoms with Gasteiger partial charge in [0.1, 0.15) is 6.54 Å². The van der Waals surface area contributed by atoms with Gasteiger partial charge in [0, 0.05) is 6.42 Å². The predicted molar refractivity (Wildman–Crippen MR) is 117 cm³/mol. The molecule has 0 saturated carbocycles. The molecule has 3 nitrogen and oxygen atoms in total. The third-order valence-electron chi connectivity index (χ3n) is 5.24. The molecule has 0 bridgehead atoms. The first-order valence-electron chi connectivity index (χ1n) is 11.5. The van der Waals surface area contributed by atoms with Crippen molar-refractivity contribution in [3.8, 4) is 0 Å². The molecule has 0 aromatic rings. The van der Waals surface area contributed by atoms with E-state index in [-0.39, 0.29) is 18.3 Å². The SMILES string of the molecule is CCCCCCCCCCCCCCCCCC(=O)NC=[N+]1C=CC=CC1.[Cl-]. The molecule has 0 spiro atoms. The molecule has 0 saturated heterocycles. The molecular weight excluding hydrogens is 368 g/mol. The molecule has 0 aromatic heterocycles. The highest BCUT2D eigenvalue weighted by Crippen LogP contribution is 2.13.